The highest BCUT2D eigenvalue weighted by Gasteiger charge is 2.58. The number of aromatic nitrogens is 2. The molecule has 16 nitrogen and oxygen atoms in total. The van der Waals surface area contributed by atoms with Crippen molar-refractivity contribution in [3.63, 3.8) is 0 Å². The predicted molar refractivity (Wildman–Crippen MR) is 100 cm³/mol. The van der Waals surface area contributed by atoms with Gasteiger partial charge >= 0.3 is 29.2 Å². The summed E-state index contributed by atoms with van der Waals surface area (Å²) in [6.07, 6.45) is -6.74. The number of hydrogen-bond acceptors (Lipinski definition) is 11. The summed E-state index contributed by atoms with van der Waals surface area (Å²) >= 11 is 5.19. The highest BCUT2D eigenvalue weighted by molar-refractivity contribution is 7.66. The average molecular weight is 546 g/mol. The number of aliphatic hydroxyl groups excluding tert-OH is 1. The Morgan fingerprint density at radius 3 is 2.50 bits per heavy atom. The summed E-state index contributed by atoms with van der Waals surface area (Å²) in [5.74, 6) is 1.37. The van der Waals surface area contributed by atoms with Crippen molar-refractivity contribution in [3.8, 4) is 11.3 Å². The Balaban J connectivity index is 2.40. The summed E-state index contributed by atoms with van der Waals surface area (Å²) in [6.45, 7) is -3.77. The van der Waals surface area contributed by atoms with Crippen molar-refractivity contribution in [3.05, 3.63) is 22.7 Å². The number of nitrogens with two attached hydrogens (primary N) is 1. The van der Waals surface area contributed by atoms with Gasteiger partial charge in [-0.1, -0.05) is 0 Å². The fourth-order valence-corrected chi connectivity index (χ4v) is 5.29. The van der Waals surface area contributed by atoms with E-state index in [0.29, 0.717) is 4.57 Å². The number of nitrogens with zero attached hydrogens (tertiary/aromatic N) is 2. The van der Waals surface area contributed by atoms with E-state index in [1.165, 1.54) is 0 Å². The van der Waals surface area contributed by atoms with E-state index >= 15 is 4.39 Å². The van der Waals surface area contributed by atoms with Gasteiger partial charge in [-0.25, -0.2) is 22.9 Å². The normalized spacial score (nSPS) is 30.9. The summed E-state index contributed by atoms with van der Waals surface area (Å²) in [4.78, 5) is 51.1. The van der Waals surface area contributed by atoms with E-state index in [1.807, 2.05) is 0 Å². The lowest BCUT2D eigenvalue weighted by Gasteiger charge is -2.23. The first kappa shape index (κ1) is 23.9. The minimum atomic E-state index is -6.10. The van der Waals surface area contributed by atoms with Gasteiger partial charge in [-0.2, -0.15) is 13.6 Å². The third-order valence-corrected chi connectivity index (χ3v) is 7.15. The topological polar surface area (TPSA) is 250 Å². The number of alkyl halides is 1. The molecule has 1 saturated heterocycles. The average Bonchev–Trinajstić information content (AvgIpc) is 2.83. The number of rotatable bonds is 8. The maximum absolute atomic E-state index is 15.6. The molecule has 0 aromatic carbocycles. The second-order valence-electron chi connectivity index (χ2n) is 5.68. The van der Waals surface area contributed by atoms with Crippen LogP contribution < -0.4 is 11.4 Å². The van der Waals surface area contributed by atoms with Gasteiger partial charge in [0.05, 0.1) is 9.30 Å². The summed E-state index contributed by atoms with van der Waals surface area (Å²) in [6, 6.07) is 1.000. The Bertz CT molecular complexity index is 1220. The molecule has 1 fully saturated rings. The van der Waals surface area contributed by atoms with Crippen molar-refractivity contribution in [1.29, 1.82) is 0 Å². The van der Waals surface area contributed by atoms with Gasteiger partial charge in [-0.15, -0.1) is 0 Å². The van der Waals surface area contributed by atoms with Crippen molar-refractivity contribution >= 4 is 40.9 Å². The Morgan fingerprint density at radius 2 is 1.97 bits per heavy atom. The molecule has 180 valence electrons. The molecule has 32 heavy (non-hydrogen) atoms. The molecule has 0 aliphatic carbocycles. The molecule has 0 amide bonds. The van der Waals surface area contributed by atoms with Crippen LogP contribution in [0, 0.1) is 11.3 Å². The number of phosphoric acid groups is 3. The Kier molecular flexibility index (Phi) is 7.16. The van der Waals surface area contributed by atoms with Gasteiger partial charge in [0, 0.05) is 11.6 Å². The minimum absolute atomic E-state index is 0.299. The van der Waals surface area contributed by atoms with E-state index in [-0.39, 0.29) is 5.82 Å². The summed E-state index contributed by atoms with van der Waals surface area (Å²) in [5, 5.41) is 11.9. The minimum Gasteiger partial charge on any atom is -0.386 e. The zero-order valence-electron chi connectivity index (χ0n) is 17.0. The van der Waals surface area contributed by atoms with Crippen LogP contribution in [-0.4, -0.2) is 58.7 Å². The van der Waals surface area contributed by atoms with Crippen molar-refractivity contribution in [1.82, 2.24) is 9.55 Å². The van der Waals surface area contributed by atoms with Crippen molar-refractivity contribution in [2.45, 2.75) is 24.1 Å². The molecule has 6 atom stereocenters. The van der Waals surface area contributed by atoms with E-state index in [2.05, 4.69) is 18.1 Å². The standard InChI is InChI=1S/C11H14ClFN3O13P3/c12-3-2-11(13)8(17)6(27-9(11)16-4-1-7(14)15-10(16)18)5-26-31(22,23)29-32(24,25)28-30(19,20)21/h1,4,6,8-9,17H,5H2,(H,22,23)(H,24,25)(H2,14,15,18)(H2,19,20,21)/t6-,8+,9-,11?/m1/s1/i5D2. The predicted octanol–water partition coefficient (Wildman–Crippen LogP) is -0.665. The molecular weight excluding hydrogens is 530 g/mol. The maximum Gasteiger partial charge on any atom is 0.490 e. The van der Waals surface area contributed by atoms with E-state index < -0.39 is 59.8 Å². The van der Waals surface area contributed by atoms with Crippen molar-refractivity contribution < 1.29 is 63.4 Å². The molecule has 1 aliphatic rings. The third-order valence-electron chi connectivity index (χ3n) is 3.40. The molecule has 3 unspecified atom stereocenters. The number of nitrogen functional groups attached to an aromatic ring is 1. The van der Waals surface area contributed by atoms with Crippen molar-refractivity contribution in [2.75, 3.05) is 12.3 Å². The first-order chi connectivity index (χ1) is 15.2. The van der Waals surface area contributed by atoms with Gasteiger partial charge in [-0.05, 0) is 23.6 Å². The molecule has 0 saturated carbocycles. The SMILES string of the molecule is [2H]C([2H])(OP(=O)(O)OP(=O)(O)OP(=O)(O)O)[C@H]1O[C@@H](n2ccc(N)nc2=O)C(F)(C#CCl)[C@H]1O. The lowest BCUT2D eigenvalue weighted by atomic mass is 9.97. The maximum atomic E-state index is 15.6. The molecule has 0 spiro atoms. The number of halogens is 2. The smallest absolute Gasteiger partial charge is 0.386 e. The van der Waals surface area contributed by atoms with E-state index in [0.717, 1.165) is 12.3 Å². The number of hydrogen-bond donors (Lipinski definition) is 6. The zero-order valence-corrected chi connectivity index (χ0v) is 18.4. The third kappa shape index (κ3) is 6.66. The lowest BCUT2D eigenvalue weighted by molar-refractivity contribution is -0.0534. The number of phosphoric ester groups is 1. The van der Waals surface area contributed by atoms with Crippen LogP contribution in [0.5, 0.6) is 0 Å². The van der Waals surface area contributed by atoms with Crippen LogP contribution in [-0.2, 0) is 31.6 Å². The van der Waals surface area contributed by atoms with Crippen LogP contribution >= 0.6 is 35.1 Å². The van der Waals surface area contributed by atoms with Crippen molar-refractivity contribution in [2.24, 2.45) is 0 Å². The Hall–Kier alpha value is -1.21. The fraction of sp³-hybridized carbons (Fsp3) is 0.455. The summed E-state index contributed by atoms with van der Waals surface area (Å²) < 4.78 is 81.4. The number of ether oxygens (including phenoxy) is 1. The second kappa shape index (κ2) is 9.57. The van der Waals surface area contributed by atoms with E-state index in [1.54, 1.807) is 11.3 Å². The molecular formula is C11H14ClFN3O13P3. The monoisotopic (exact) mass is 545 g/mol. The van der Waals surface area contributed by atoms with E-state index in [9.17, 15) is 28.5 Å². The molecule has 21 heteroatoms. The highest BCUT2D eigenvalue weighted by atomic mass is 35.5. The van der Waals surface area contributed by atoms with Gasteiger partial charge in [0.2, 0.25) is 5.67 Å². The van der Waals surface area contributed by atoms with Crippen LogP contribution in [0.1, 0.15) is 8.97 Å². The zero-order chi connectivity index (χ0) is 26.3. The molecule has 1 aromatic rings. The van der Waals surface area contributed by atoms with Gasteiger partial charge in [-0.3, -0.25) is 9.09 Å². The van der Waals surface area contributed by atoms with Gasteiger partial charge < -0.3 is 35.2 Å². The van der Waals surface area contributed by atoms with E-state index in [4.69, 9.17) is 39.5 Å². The van der Waals surface area contributed by atoms with Gasteiger partial charge in [0.25, 0.3) is 0 Å². The molecule has 2 rings (SSSR count). The van der Waals surface area contributed by atoms with Crippen LogP contribution in [0.15, 0.2) is 17.1 Å². The largest absolute Gasteiger partial charge is 0.490 e. The second-order valence-corrected chi connectivity index (χ2v) is 10.2. The fourth-order valence-electron chi connectivity index (χ4n) is 2.27. The first-order valence-electron chi connectivity index (χ1n) is 8.57. The van der Waals surface area contributed by atoms with Crippen LogP contribution in [0.3, 0.4) is 0 Å². The molecule has 2 heterocycles. The lowest BCUT2D eigenvalue weighted by Crippen LogP contribution is -2.44. The van der Waals surface area contributed by atoms with Gasteiger partial charge in [0.1, 0.15) is 18.0 Å². The quantitative estimate of drug-likeness (QED) is 0.175. The molecule has 1 aliphatic heterocycles. The molecule has 0 bridgehead atoms. The first-order valence-corrected chi connectivity index (χ1v) is 12.5. The Morgan fingerprint density at radius 1 is 1.34 bits per heavy atom. The number of aliphatic hydroxyl groups is 1. The number of anilines is 1. The molecule has 1 aromatic heterocycles. The molecule has 7 N–H and O–H groups in total. The summed E-state index contributed by atoms with van der Waals surface area (Å²) in [5.41, 5.74) is 0.716. The van der Waals surface area contributed by atoms with Crippen LogP contribution in [0.4, 0.5) is 10.2 Å². The molecule has 0 radical (unpaired) electrons. The van der Waals surface area contributed by atoms with Crippen LogP contribution in [0.2, 0.25) is 0 Å². The highest BCUT2D eigenvalue weighted by Crippen LogP contribution is 2.66. The van der Waals surface area contributed by atoms with Crippen LogP contribution in [0.25, 0.3) is 0 Å². The Labute approximate surface area is 184 Å². The van der Waals surface area contributed by atoms with Gasteiger partial charge in [0.15, 0.2) is 6.23 Å². The summed E-state index contributed by atoms with van der Waals surface area (Å²) in [7, 11) is -17.9.